The Hall–Kier alpha value is -3.20. The predicted molar refractivity (Wildman–Crippen MR) is 156 cm³/mol. The maximum atomic E-state index is 8.22. The second kappa shape index (κ2) is 11.9. The van der Waals surface area contributed by atoms with Crippen molar-refractivity contribution in [3.8, 4) is 0 Å². The molecule has 1 saturated heterocycles. The molecule has 37 heavy (non-hydrogen) atoms. The summed E-state index contributed by atoms with van der Waals surface area (Å²) in [6.07, 6.45) is 0. The van der Waals surface area contributed by atoms with Crippen molar-refractivity contribution >= 4 is 45.6 Å². The van der Waals surface area contributed by atoms with Gasteiger partial charge in [-0.15, -0.1) is 0 Å². The molecule has 1 aliphatic heterocycles. The summed E-state index contributed by atoms with van der Waals surface area (Å²) >= 11 is 6.21. The van der Waals surface area contributed by atoms with Crippen LogP contribution in [0.15, 0.2) is 48.2 Å². The van der Waals surface area contributed by atoms with E-state index in [0.717, 1.165) is 78.6 Å². The van der Waals surface area contributed by atoms with E-state index >= 15 is 0 Å². The minimum Gasteiger partial charge on any atom is -0.402 e. The molecule has 0 spiro atoms. The zero-order chi connectivity index (χ0) is 26.5. The van der Waals surface area contributed by atoms with Crippen molar-refractivity contribution in [1.82, 2.24) is 19.8 Å². The lowest BCUT2D eigenvalue weighted by Gasteiger charge is -2.35. The third kappa shape index (κ3) is 6.77. The number of nitrogens with zero attached hydrogens (tertiary/aromatic N) is 5. The van der Waals surface area contributed by atoms with Crippen LogP contribution in [-0.2, 0) is 6.54 Å². The Morgan fingerprint density at radius 1 is 1.08 bits per heavy atom. The summed E-state index contributed by atoms with van der Waals surface area (Å²) in [6, 6.07) is 13.8. The highest BCUT2D eigenvalue weighted by molar-refractivity contribution is 6.30. The van der Waals surface area contributed by atoms with Gasteiger partial charge in [-0.2, -0.15) is 4.98 Å². The number of hydrogen-bond acceptors (Lipinski definition) is 8. The Bertz CT molecular complexity index is 1290. The van der Waals surface area contributed by atoms with E-state index in [1.54, 1.807) is 6.92 Å². The van der Waals surface area contributed by atoms with Crippen LogP contribution in [0, 0.1) is 5.41 Å². The highest BCUT2D eigenvalue weighted by Crippen LogP contribution is 2.29. The van der Waals surface area contributed by atoms with Crippen molar-refractivity contribution in [2.45, 2.75) is 20.4 Å². The number of rotatable bonds is 9. The molecule has 0 amide bonds. The van der Waals surface area contributed by atoms with Crippen molar-refractivity contribution < 1.29 is 0 Å². The SMILES string of the molecule is CC(=N)/C(=C(/C)N)c1ccc2nc(N3CCN(CCN(C)C)CC3)nc(NCc3cccc(Cl)c3)c2c1. The van der Waals surface area contributed by atoms with Crippen molar-refractivity contribution in [2.24, 2.45) is 5.73 Å². The molecule has 0 saturated carbocycles. The number of allylic oxidation sites excluding steroid dienone is 2. The second-order valence-corrected chi connectivity index (χ2v) is 10.3. The van der Waals surface area contributed by atoms with Crippen LogP contribution in [0.2, 0.25) is 5.02 Å². The summed E-state index contributed by atoms with van der Waals surface area (Å²) in [7, 11) is 4.22. The average Bonchev–Trinajstić information content (AvgIpc) is 2.86. The minimum atomic E-state index is 0.428. The number of anilines is 2. The Kier molecular flexibility index (Phi) is 8.63. The van der Waals surface area contributed by atoms with Gasteiger partial charge in [-0.3, -0.25) is 4.90 Å². The number of halogens is 1. The van der Waals surface area contributed by atoms with E-state index in [1.807, 2.05) is 49.4 Å². The Morgan fingerprint density at radius 3 is 2.49 bits per heavy atom. The van der Waals surface area contributed by atoms with Crippen LogP contribution in [0.25, 0.3) is 16.5 Å². The lowest BCUT2D eigenvalue weighted by Crippen LogP contribution is -2.48. The number of benzene rings is 2. The van der Waals surface area contributed by atoms with E-state index in [-0.39, 0.29) is 0 Å². The van der Waals surface area contributed by atoms with E-state index in [4.69, 9.17) is 32.7 Å². The first kappa shape index (κ1) is 26.9. The first-order valence-electron chi connectivity index (χ1n) is 12.7. The van der Waals surface area contributed by atoms with Crippen molar-refractivity contribution in [3.05, 3.63) is 64.3 Å². The molecular formula is C28H37ClN8. The normalized spacial score (nSPS) is 15.2. The highest BCUT2D eigenvalue weighted by Gasteiger charge is 2.21. The molecule has 0 unspecified atom stereocenters. The Balaban J connectivity index is 1.66. The highest BCUT2D eigenvalue weighted by atomic mass is 35.5. The van der Waals surface area contributed by atoms with Gasteiger partial charge < -0.3 is 26.3 Å². The van der Waals surface area contributed by atoms with Crippen LogP contribution in [0.1, 0.15) is 25.0 Å². The molecule has 3 aromatic rings. The fourth-order valence-electron chi connectivity index (χ4n) is 4.63. The maximum Gasteiger partial charge on any atom is 0.227 e. The maximum absolute atomic E-state index is 8.22. The third-order valence-electron chi connectivity index (χ3n) is 6.61. The Labute approximate surface area is 224 Å². The van der Waals surface area contributed by atoms with Crippen molar-refractivity contribution in [1.29, 1.82) is 5.41 Å². The van der Waals surface area contributed by atoms with Gasteiger partial charge in [0.2, 0.25) is 5.95 Å². The summed E-state index contributed by atoms with van der Waals surface area (Å²) in [5, 5.41) is 13.3. The first-order valence-corrected chi connectivity index (χ1v) is 13.0. The lowest BCUT2D eigenvalue weighted by molar-refractivity contribution is 0.229. The standard InChI is InChI=1S/C28H37ClN8/c1-19(30)26(20(2)31)22-8-9-25-24(17-22)27(32-18-21-6-5-7-23(29)16-21)34-28(33-25)37-14-12-36(13-15-37)11-10-35(3)4/h5-9,16-17,30H,10-15,18,31H2,1-4H3,(H,32,33,34)/b26-20+,30-19?. The molecule has 1 aliphatic rings. The van der Waals surface area contributed by atoms with Gasteiger partial charge >= 0.3 is 0 Å². The van der Waals surface area contributed by atoms with Gasteiger partial charge in [0.15, 0.2) is 0 Å². The van der Waals surface area contributed by atoms with Gasteiger partial charge in [-0.25, -0.2) is 4.98 Å². The van der Waals surface area contributed by atoms with Crippen LogP contribution < -0.4 is 16.0 Å². The molecule has 8 nitrogen and oxygen atoms in total. The minimum absolute atomic E-state index is 0.428. The van der Waals surface area contributed by atoms with E-state index in [0.29, 0.717) is 23.0 Å². The summed E-state index contributed by atoms with van der Waals surface area (Å²) in [6.45, 7) is 10.0. The molecule has 0 atom stereocenters. The van der Waals surface area contributed by atoms with Crippen LogP contribution >= 0.6 is 11.6 Å². The Morgan fingerprint density at radius 2 is 1.84 bits per heavy atom. The molecule has 0 aliphatic carbocycles. The number of hydrogen-bond donors (Lipinski definition) is 3. The molecule has 0 radical (unpaired) electrons. The summed E-state index contributed by atoms with van der Waals surface area (Å²) < 4.78 is 0. The number of piperazine rings is 1. The molecule has 0 bridgehead atoms. The van der Waals surface area contributed by atoms with E-state index in [9.17, 15) is 0 Å². The van der Waals surface area contributed by atoms with E-state index < -0.39 is 0 Å². The van der Waals surface area contributed by atoms with Crippen LogP contribution in [0.5, 0.6) is 0 Å². The van der Waals surface area contributed by atoms with Crippen molar-refractivity contribution in [2.75, 3.05) is 63.6 Å². The number of aromatic nitrogens is 2. The summed E-state index contributed by atoms with van der Waals surface area (Å²) in [5.41, 5.74) is 10.7. The number of nitrogens with one attached hydrogen (secondary N) is 2. The van der Waals surface area contributed by atoms with Crippen LogP contribution in [0.4, 0.5) is 11.8 Å². The molecule has 9 heteroatoms. The van der Waals surface area contributed by atoms with Gasteiger partial charge in [-0.1, -0.05) is 29.8 Å². The third-order valence-corrected chi connectivity index (χ3v) is 6.84. The number of likely N-dealkylation sites (N-methyl/N-ethyl adjacent to an activating group) is 1. The predicted octanol–water partition coefficient (Wildman–Crippen LogP) is 4.31. The number of fused-ring (bicyclic) bond motifs is 1. The lowest BCUT2D eigenvalue weighted by atomic mass is 9.98. The molecule has 1 aromatic heterocycles. The molecule has 4 rings (SSSR count). The quantitative estimate of drug-likeness (QED) is 0.362. The fraction of sp³-hybridized carbons (Fsp3) is 0.393. The molecule has 2 heterocycles. The van der Waals surface area contributed by atoms with Crippen LogP contribution in [-0.4, -0.2) is 78.8 Å². The molecule has 196 valence electrons. The molecule has 1 fully saturated rings. The molecular weight excluding hydrogens is 484 g/mol. The largest absolute Gasteiger partial charge is 0.402 e. The zero-order valence-electron chi connectivity index (χ0n) is 22.2. The second-order valence-electron chi connectivity index (χ2n) is 9.90. The molecule has 4 N–H and O–H groups in total. The monoisotopic (exact) mass is 520 g/mol. The molecule has 2 aromatic carbocycles. The van der Waals surface area contributed by atoms with Gasteiger partial charge in [0.25, 0.3) is 0 Å². The summed E-state index contributed by atoms with van der Waals surface area (Å²) in [5.74, 6) is 1.49. The van der Waals surface area contributed by atoms with E-state index in [2.05, 4.69) is 34.1 Å². The zero-order valence-corrected chi connectivity index (χ0v) is 22.9. The van der Waals surface area contributed by atoms with Gasteiger partial charge in [-0.05, 0) is 63.3 Å². The van der Waals surface area contributed by atoms with Gasteiger partial charge in [0.05, 0.1) is 5.52 Å². The fourth-order valence-corrected chi connectivity index (χ4v) is 4.85. The van der Waals surface area contributed by atoms with E-state index in [1.165, 1.54) is 0 Å². The summed E-state index contributed by atoms with van der Waals surface area (Å²) in [4.78, 5) is 16.9. The topological polar surface area (TPSA) is 97.4 Å². The van der Waals surface area contributed by atoms with Crippen LogP contribution in [0.3, 0.4) is 0 Å². The van der Waals surface area contributed by atoms with Gasteiger partial charge in [0, 0.05) is 73.2 Å². The van der Waals surface area contributed by atoms with Gasteiger partial charge in [0.1, 0.15) is 5.82 Å². The average molecular weight is 521 g/mol. The first-order chi connectivity index (χ1) is 17.7. The van der Waals surface area contributed by atoms with Crippen molar-refractivity contribution in [3.63, 3.8) is 0 Å². The smallest absolute Gasteiger partial charge is 0.227 e. The number of nitrogens with two attached hydrogens (primary N) is 1.